The van der Waals surface area contributed by atoms with Gasteiger partial charge in [0.05, 0.1) is 24.4 Å². The Labute approximate surface area is 184 Å². The van der Waals surface area contributed by atoms with Crippen LogP contribution in [0.5, 0.6) is 5.75 Å². The van der Waals surface area contributed by atoms with Crippen molar-refractivity contribution in [3.05, 3.63) is 88.4 Å². The lowest BCUT2D eigenvalue weighted by molar-refractivity contribution is 0.0941. The van der Waals surface area contributed by atoms with Crippen molar-refractivity contribution in [2.24, 2.45) is 0 Å². The summed E-state index contributed by atoms with van der Waals surface area (Å²) in [5.41, 5.74) is 1.35. The molecule has 0 fully saturated rings. The monoisotopic (exact) mass is 488 g/mol. The molecule has 0 aliphatic rings. The summed E-state index contributed by atoms with van der Waals surface area (Å²) in [4.78, 5) is 12.8. The molecule has 0 saturated carbocycles. The van der Waals surface area contributed by atoms with Crippen molar-refractivity contribution in [3.63, 3.8) is 0 Å². The topological polar surface area (TPSA) is 84.5 Å². The number of benzene rings is 3. The van der Waals surface area contributed by atoms with Gasteiger partial charge in [-0.1, -0.05) is 58.4 Å². The summed E-state index contributed by atoms with van der Waals surface area (Å²) in [7, 11) is -2.60. The second-order valence-electron chi connectivity index (χ2n) is 6.55. The zero-order valence-corrected chi connectivity index (χ0v) is 18.8. The van der Waals surface area contributed by atoms with E-state index in [9.17, 15) is 13.2 Å². The van der Waals surface area contributed by atoms with E-state index >= 15 is 0 Å². The zero-order chi connectivity index (χ0) is 21.7. The quantitative estimate of drug-likeness (QED) is 0.502. The number of nitrogens with one attached hydrogen (secondary N) is 2. The first kappa shape index (κ1) is 21.9. The van der Waals surface area contributed by atoms with E-state index in [4.69, 9.17) is 4.74 Å². The van der Waals surface area contributed by atoms with Gasteiger partial charge in [-0.05, 0) is 42.8 Å². The predicted molar refractivity (Wildman–Crippen MR) is 120 cm³/mol. The Balaban J connectivity index is 1.88. The first-order valence-electron chi connectivity index (χ1n) is 9.13. The number of hydrogen-bond acceptors (Lipinski definition) is 4. The zero-order valence-electron chi connectivity index (χ0n) is 16.4. The summed E-state index contributed by atoms with van der Waals surface area (Å²) in [5.74, 6) is -0.184. The maximum Gasteiger partial charge on any atom is 0.265 e. The van der Waals surface area contributed by atoms with Gasteiger partial charge in [0.25, 0.3) is 15.9 Å². The van der Waals surface area contributed by atoms with Crippen LogP contribution in [-0.4, -0.2) is 21.4 Å². The van der Waals surface area contributed by atoms with Crippen LogP contribution < -0.4 is 14.8 Å². The number of carbonyl (C=O) groups excluding carboxylic acids is 1. The lowest BCUT2D eigenvalue weighted by Crippen LogP contribution is -2.28. The van der Waals surface area contributed by atoms with Crippen LogP contribution in [0.4, 0.5) is 5.69 Å². The molecular weight excluding hydrogens is 468 g/mol. The second kappa shape index (κ2) is 9.32. The van der Waals surface area contributed by atoms with Crippen LogP contribution in [-0.2, 0) is 10.0 Å². The van der Waals surface area contributed by atoms with E-state index in [0.717, 1.165) is 5.56 Å². The lowest BCUT2D eigenvalue weighted by Gasteiger charge is -2.17. The molecule has 0 aliphatic heterocycles. The minimum atomic E-state index is -4.00. The number of sulfonamides is 1. The fourth-order valence-corrected chi connectivity index (χ4v) is 4.72. The van der Waals surface area contributed by atoms with Gasteiger partial charge < -0.3 is 10.1 Å². The number of halogens is 1. The summed E-state index contributed by atoms with van der Waals surface area (Å²) >= 11 is 3.28. The minimum Gasteiger partial charge on any atom is -0.495 e. The van der Waals surface area contributed by atoms with Gasteiger partial charge in [0.15, 0.2) is 0 Å². The molecule has 3 aromatic carbocycles. The summed E-state index contributed by atoms with van der Waals surface area (Å²) < 4.78 is 34.3. The number of methoxy groups -OCH3 is 1. The van der Waals surface area contributed by atoms with E-state index in [1.54, 1.807) is 36.4 Å². The molecule has 2 N–H and O–H groups in total. The highest BCUT2D eigenvalue weighted by atomic mass is 79.9. The normalized spacial score (nSPS) is 12.1. The van der Waals surface area contributed by atoms with Crippen molar-refractivity contribution < 1.29 is 17.9 Å². The van der Waals surface area contributed by atoms with Gasteiger partial charge in [-0.25, -0.2) is 8.42 Å². The molecule has 1 atom stereocenters. The SMILES string of the molecule is COc1ccc(Br)cc1S(=O)(=O)Nc1ccccc1C(=O)N[C@@H](C)c1ccccc1. The Morgan fingerprint density at radius 3 is 2.37 bits per heavy atom. The maximum atomic E-state index is 13.0. The van der Waals surface area contributed by atoms with Crippen LogP contribution in [0, 0.1) is 0 Å². The molecule has 0 aliphatic carbocycles. The summed E-state index contributed by atoms with van der Waals surface area (Å²) in [5, 5.41) is 2.90. The average Bonchev–Trinajstić information content (AvgIpc) is 2.74. The Bertz CT molecular complexity index is 1150. The molecule has 3 rings (SSSR count). The van der Waals surface area contributed by atoms with Gasteiger partial charge in [-0.3, -0.25) is 9.52 Å². The fourth-order valence-electron chi connectivity index (χ4n) is 2.93. The van der Waals surface area contributed by atoms with E-state index in [-0.39, 0.29) is 33.8 Å². The molecule has 6 nitrogen and oxygen atoms in total. The molecule has 0 spiro atoms. The Morgan fingerprint density at radius 1 is 1.00 bits per heavy atom. The van der Waals surface area contributed by atoms with E-state index in [2.05, 4.69) is 26.0 Å². The van der Waals surface area contributed by atoms with Crippen molar-refractivity contribution in [2.75, 3.05) is 11.8 Å². The number of carbonyl (C=O) groups is 1. The third-order valence-corrected chi connectivity index (χ3v) is 6.36. The van der Waals surface area contributed by atoms with E-state index < -0.39 is 10.0 Å². The largest absolute Gasteiger partial charge is 0.495 e. The highest BCUT2D eigenvalue weighted by Crippen LogP contribution is 2.30. The third-order valence-electron chi connectivity index (χ3n) is 4.48. The predicted octanol–water partition coefficient (Wildman–Crippen LogP) is 4.75. The van der Waals surface area contributed by atoms with Gasteiger partial charge >= 0.3 is 0 Å². The van der Waals surface area contributed by atoms with Crippen LogP contribution >= 0.6 is 15.9 Å². The van der Waals surface area contributed by atoms with Crippen LogP contribution in [0.25, 0.3) is 0 Å². The van der Waals surface area contributed by atoms with Crippen LogP contribution in [0.1, 0.15) is 28.9 Å². The molecule has 156 valence electrons. The van der Waals surface area contributed by atoms with Crippen molar-refractivity contribution >= 4 is 37.5 Å². The van der Waals surface area contributed by atoms with Gasteiger partial charge in [0.2, 0.25) is 0 Å². The maximum absolute atomic E-state index is 13.0. The molecule has 0 aromatic heterocycles. The Hall–Kier alpha value is -2.84. The molecule has 0 heterocycles. The van der Waals surface area contributed by atoms with Gasteiger partial charge in [-0.2, -0.15) is 0 Å². The first-order chi connectivity index (χ1) is 14.3. The molecule has 0 unspecified atom stereocenters. The highest BCUT2D eigenvalue weighted by molar-refractivity contribution is 9.10. The third kappa shape index (κ3) is 5.01. The summed E-state index contributed by atoms with van der Waals surface area (Å²) in [6.45, 7) is 1.87. The number of amides is 1. The smallest absolute Gasteiger partial charge is 0.265 e. The molecule has 0 radical (unpaired) electrons. The molecule has 30 heavy (non-hydrogen) atoms. The molecule has 0 saturated heterocycles. The van der Waals surface area contributed by atoms with Crippen molar-refractivity contribution in [1.82, 2.24) is 5.32 Å². The molecule has 8 heteroatoms. The van der Waals surface area contributed by atoms with Gasteiger partial charge in [0, 0.05) is 4.47 Å². The molecule has 3 aromatic rings. The Morgan fingerprint density at radius 2 is 1.67 bits per heavy atom. The molecule has 0 bridgehead atoms. The van der Waals surface area contributed by atoms with Crippen LogP contribution in [0.15, 0.2) is 82.2 Å². The standard InChI is InChI=1S/C22H21BrN2O4S/c1-15(16-8-4-3-5-9-16)24-22(26)18-10-6-7-11-19(18)25-30(27,28)21-14-17(23)12-13-20(21)29-2/h3-15,25H,1-2H3,(H,24,26)/t15-/m0/s1. The summed E-state index contributed by atoms with van der Waals surface area (Å²) in [6, 6.07) is 20.4. The van der Waals surface area contributed by atoms with E-state index in [0.29, 0.717) is 4.47 Å². The Kier molecular flexibility index (Phi) is 6.79. The number of rotatable bonds is 7. The molecular formula is C22H21BrN2O4S. The first-order valence-corrected chi connectivity index (χ1v) is 11.4. The number of anilines is 1. The van der Waals surface area contributed by atoms with E-state index in [1.807, 2.05) is 37.3 Å². The average molecular weight is 489 g/mol. The fraction of sp³-hybridized carbons (Fsp3) is 0.136. The number of para-hydroxylation sites is 1. The lowest BCUT2D eigenvalue weighted by atomic mass is 10.1. The van der Waals surface area contributed by atoms with Crippen molar-refractivity contribution in [2.45, 2.75) is 17.9 Å². The van der Waals surface area contributed by atoms with E-state index in [1.165, 1.54) is 13.2 Å². The van der Waals surface area contributed by atoms with Gasteiger partial charge in [-0.15, -0.1) is 0 Å². The van der Waals surface area contributed by atoms with Crippen LogP contribution in [0.2, 0.25) is 0 Å². The summed E-state index contributed by atoms with van der Waals surface area (Å²) in [6.07, 6.45) is 0. The van der Waals surface area contributed by atoms with Crippen molar-refractivity contribution in [1.29, 1.82) is 0 Å². The second-order valence-corrected chi connectivity index (χ2v) is 9.12. The van der Waals surface area contributed by atoms with Crippen molar-refractivity contribution in [3.8, 4) is 5.75 Å². The number of ether oxygens (including phenoxy) is 1. The van der Waals surface area contributed by atoms with Crippen LogP contribution in [0.3, 0.4) is 0 Å². The molecule has 1 amide bonds. The number of hydrogen-bond donors (Lipinski definition) is 2. The minimum absolute atomic E-state index is 0.0350. The van der Waals surface area contributed by atoms with Gasteiger partial charge in [0.1, 0.15) is 10.6 Å². The highest BCUT2D eigenvalue weighted by Gasteiger charge is 2.23.